The van der Waals surface area contributed by atoms with Crippen LogP contribution in [0.2, 0.25) is 0 Å². The van der Waals surface area contributed by atoms with Crippen molar-refractivity contribution in [1.29, 1.82) is 0 Å². The van der Waals surface area contributed by atoms with Crippen molar-refractivity contribution >= 4 is 23.1 Å². The number of anilines is 2. The molecular weight excluding hydrogens is 216 g/mol. The highest BCUT2D eigenvalue weighted by molar-refractivity contribution is 7.99. The number of rotatable bonds is 2. The molecule has 3 rings (SSSR count). The van der Waals surface area contributed by atoms with E-state index in [1.807, 2.05) is 11.8 Å². The standard InChI is InChI=1S/C13H18N2S/c1-2-4-10(5-3-1)15-11-6-7-12-13(8-11)16-9-14-12/h6-8,10,14-15H,1-5,9H2. The molecule has 1 aromatic carbocycles. The molecule has 2 aliphatic rings. The third-order valence-corrected chi connectivity index (χ3v) is 4.39. The first kappa shape index (κ1) is 10.3. The molecule has 0 amide bonds. The van der Waals surface area contributed by atoms with Crippen molar-refractivity contribution < 1.29 is 0 Å². The Morgan fingerprint density at radius 1 is 1.19 bits per heavy atom. The highest BCUT2D eigenvalue weighted by Crippen LogP contribution is 2.36. The van der Waals surface area contributed by atoms with E-state index < -0.39 is 0 Å². The monoisotopic (exact) mass is 234 g/mol. The topological polar surface area (TPSA) is 24.1 Å². The Hall–Kier alpha value is -0.830. The molecule has 0 bridgehead atoms. The number of nitrogens with one attached hydrogen (secondary N) is 2. The molecule has 86 valence electrons. The minimum absolute atomic E-state index is 0.700. The summed E-state index contributed by atoms with van der Waals surface area (Å²) in [4.78, 5) is 1.39. The lowest BCUT2D eigenvalue weighted by atomic mass is 9.95. The van der Waals surface area contributed by atoms with Gasteiger partial charge in [0.1, 0.15) is 0 Å². The maximum Gasteiger partial charge on any atom is 0.0658 e. The third kappa shape index (κ3) is 2.14. The summed E-state index contributed by atoms with van der Waals surface area (Å²) in [5.41, 5.74) is 2.58. The second-order valence-corrected chi connectivity index (χ2v) is 5.67. The maximum absolute atomic E-state index is 3.67. The van der Waals surface area contributed by atoms with E-state index in [-0.39, 0.29) is 0 Å². The second-order valence-electron chi connectivity index (χ2n) is 4.66. The van der Waals surface area contributed by atoms with Gasteiger partial charge in [-0.3, -0.25) is 0 Å². The van der Waals surface area contributed by atoms with Crippen molar-refractivity contribution in [1.82, 2.24) is 0 Å². The molecule has 3 heteroatoms. The van der Waals surface area contributed by atoms with Crippen LogP contribution in [0, 0.1) is 0 Å². The van der Waals surface area contributed by atoms with Crippen LogP contribution >= 0.6 is 11.8 Å². The maximum atomic E-state index is 3.67. The van der Waals surface area contributed by atoms with Crippen molar-refractivity contribution in [2.24, 2.45) is 0 Å². The molecular formula is C13H18N2S. The van der Waals surface area contributed by atoms with E-state index in [0.29, 0.717) is 6.04 Å². The number of hydrogen-bond donors (Lipinski definition) is 2. The molecule has 0 unspecified atom stereocenters. The van der Waals surface area contributed by atoms with Gasteiger partial charge in [-0.1, -0.05) is 19.3 Å². The predicted molar refractivity (Wildman–Crippen MR) is 71.3 cm³/mol. The summed E-state index contributed by atoms with van der Waals surface area (Å²) < 4.78 is 0. The molecule has 1 saturated carbocycles. The zero-order valence-corrected chi connectivity index (χ0v) is 10.3. The van der Waals surface area contributed by atoms with E-state index in [2.05, 4.69) is 28.8 Å². The van der Waals surface area contributed by atoms with Crippen LogP contribution in [0.3, 0.4) is 0 Å². The first-order valence-corrected chi connectivity index (χ1v) is 7.18. The zero-order chi connectivity index (χ0) is 10.8. The van der Waals surface area contributed by atoms with Gasteiger partial charge in [-0.05, 0) is 31.0 Å². The Bertz CT molecular complexity index is 372. The third-order valence-electron chi connectivity index (χ3n) is 3.45. The van der Waals surface area contributed by atoms with E-state index in [1.165, 1.54) is 48.4 Å². The quantitative estimate of drug-likeness (QED) is 0.811. The van der Waals surface area contributed by atoms with Crippen LogP contribution in [0.4, 0.5) is 11.4 Å². The summed E-state index contributed by atoms with van der Waals surface area (Å²) in [7, 11) is 0. The average Bonchev–Trinajstić information content (AvgIpc) is 2.77. The lowest BCUT2D eigenvalue weighted by Crippen LogP contribution is -2.22. The van der Waals surface area contributed by atoms with Crippen molar-refractivity contribution in [3.8, 4) is 0 Å². The molecule has 1 fully saturated rings. The van der Waals surface area contributed by atoms with Crippen LogP contribution in [0.25, 0.3) is 0 Å². The molecule has 16 heavy (non-hydrogen) atoms. The van der Waals surface area contributed by atoms with Crippen LogP contribution in [-0.2, 0) is 0 Å². The Labute approximate surface area is 101 Å². The number of fused-ring (bicyclic) bond motifs is 1. The summed E-state index contributed by atoms with van der Waals surface area (Å²) in [6, 6.07) is 7.38. The molecule has 1 aliphatic carbocycles. The Balaban J connectivity index is 1.69. The molecule has 2 nitrogen and oxygen atoms in total. The fraction of sp³-hybridized carbons (Fsp3) is 0.538. The first-order valence-electron chi connectivity index (χ1n) is 6.19. The van der Waals surface area contributed by atoms with Gasteiger partial charge in [0.15, 0.2) is 0 Å². The van der Waals surface area contributed by atoms with E-state index in [9.17, 15) is 0 Å². The van der Waals surface area contributed by atoms with Gasteiger partial charge in [0.2, 0.25) is 0 Å². The summed E-state index contributed by atoms with van der Waals surface area (Å²) in [6.45, 7) is 0. The molecule has 0 spiro atoms. The van der Waals surface area contributed by atoms with Gasteiger partial charge >= 0.3 is 0 Å². The van der Waals surface area contributed by atoms with E-state index in [1.54, 1.807) is 0 Å². The number of benzene rings is 1. The van der Waals surface area contributed by atoms with Crippen LogP contribution in [0.5, 0.6) is 0 Å². The predicted octanol–water partition coefficient (Wildman–Crippen LogP) is 3.91. The fourth-order valence-electron chi connectivity index (χ4n) is 2.55. The minimum Gasteiger partial charge on any atom is -0.382 e. The van der Waals surface area contributed by atoms with Crippen molar-refractivity contribution in [3.05, 3.63) is 18.2 Å². The average molecular weight is 234 g/mol. The Morgan fingerprint density at radius 2 is 2.06 bits per heavy atom. The zero-order valence-electron chi connectivity index (χ0n) is 9.46. The van der Waals surface area contributed by atoms with Crippen LogP contribution in [-0.4, -0.2) is 11.9 Å². The second kappa shape index (κ2) is 4.58. The van der Waals surface area contributed by atoms with Gasteiger partial charge in [-0.2, -0.15) is 0 Å². The van der Waals surface area contributed by atoms with Crippen LogP contribution in [0.15, 0.2) is 23.1 Å². The van der Waals surface area contributed by atoms with E-state index in [4.69, 9.17) is 0 Å². The molecule has 2 N–H and O–H groups in total. The summed E-state index contributed by atoms with van der Waals surface area (Å²) in [6.07, 6.45) is 6.87. The Kier molecular flexibility index (Phi) is 2.96. The summed E-state index contributed by atoms with van der Waals surface area (Å²) in [5, 5.41) is 7.04. The van der Waals surface area contributed by atoms with Gasteiger partial charge < -0.3 is 10.6 Å². The van der Waals surface area contributed by atoms with Gasteiger partial charge in [0, 0.05) is 22.3 Å². The Morgan fingerprint density at radius 3 is 2.94 bits per heavy atom. The number of thioether (sulfide) groups is 1. The highest BCUT2D eigenvalue weighted by atomic mass is 32.2. The van der Waals surface area contributed by atoms with Crippen LogP contribution in [0.1, 0.15) is 32.1 Å². The normalized spacial score (nSPS) is 20.2. The highest BCUT2D eigenvalue weighted by Gasteiger charge is 2.15. The molecule has 0 radical (unpaired) electrons. The van der Waals surface area contributed by atoms with Crippen molar-refractivity contribution in [2.45, 2.75) is 43.0 Å². The van der Waals surface area contributed by atoms with E-state index in [0.717, 1.165) is 5.88 Å². The molecule has 1 heterocycles. The lowest BCUT2D eigenvalue weighted by molar-refractivity contribution is 0.462. The smallest absolute Gasteiger partial charge is 0.0658 e. The summed E-state index contributed by atoms with van der Waals surface area (Å²) in [5.74, 6) is 1.02. The van der Waals surface area contributed by atoms with Crippen molar-refractivity contribution in [3.63, 3.8) is 0 Å². The first-order chi connectivity index (χ1) is 7.92. The van der Waals surface area contributed by atoms with Gasteiger partial charge in [-0.15, -0.1) is 11.8 Å². The van der Waals surface area contributed by atoms with Gasteiger partial charge in [-0.25, -0.2) is 0 Å². The molecule has 0 atom stereocenters. The largest absolute Gasteiger partial charge is 0.382 e. The molecule has 0 saturated heterocycles. The minimum atomic E-state index is 0.700. The lowest BCUT2D eigenvalue weighted by Gasteiger charge is -2.24. The van der Waals surface area contributed by atoms with Crippen molar-refractivity contribution in [2.75, 3.05) is 16.5 Å². The molecule has 1 aromatic rings. The summed E-state index contributed by atoms with van der Waals surface area (Å²) >= 11 is 1.89. The fourth-order valence-corrected chi connectivity index (χ4v) is 3.44. The van der Waals surface area contributed by atoms with Gasteiger partial charge in [0.05, 0.1) is 5.88 Å². The van der Waals surface area contributed by atoms with Gasteiger partial charge in [0.25, 0.3) is 0 Å². The van der Waals surface area contributed by atoms with Crippen LogP contribution < -0.4 is 10.6 Å². The number of hydrogen-bond acceptors (Lipinski definition) is 3. The molecule has 0 aromatic heterocycles. The SMILES string of the molecule is c1cc2c(cc1NC1CCCCC1)SCN2. The van der Waals surface area contributed by atoms with E-state index >= 15 is 0 Å². The molecule has 1 aliphatic heterocycles.